The molecule has 2 rings (SSSR count). The van der Waals surface area contributed by atoms with E-state index in [-0.39, 0.29) is 5.82 Å². The zero-order chi connectivity index (χ0) is 17.5. The van der Waals surface area contributed by atoms with Crippen molar-refractivity contribution in [1.29, 1.82) is 0 Å². The molecular formula is C18H26Br2FNSi. The molecule has 0 aliphatic rings. The molecule has 1 aromatic carbocycles. The van der Waals surface area contributed by atoms with Gasteiger partial charge in [-0.15, -0.1) is 0 Å². The molecule has 0 aliphatic carbocycles. The van der Waals surface area contributed by atoms with Crippen LogP contribution in [0.5, 0.6) is 0 Å². The molecule has 0 N–H and O–H groups in total. The maximum Gasteiger partial charge on any atom is 0.169 e. The summed E-state index contributed by atoms with van der Waals surface area (Å²) < 4.78 is 17.9. The van der Waals surface area contributed by atoms with Crippen LogP contribution < -0.4 is 0 Å². The Labute approximate surface area is 157 Å². The van der Waals surface area contributed by atoms with Gasteiger partial charge in [0.25, 0.3) is 0 Å². The van der Waals surface area contributed by atoms with Gasteiger partial charge in [0.2, 0.25) is 0 Å². The van der Waals surface area contributed by atoms with E-state index in [1.807, 2.05) is 0 Å². The molecule has 0 aliphatic heterocycles. The van der Waals surface area contributed by atoms with E-state index < -0.39 is 8.24 Å². The van der Waals surface area contributed by atoms with Gasteiger partial charge in [-0.05, 0) is 50.9 Å². The Hall–Kier alpha value is -0.133. The van der Waals surface area contributed by atoms with Gasteiger partial charge < -0.3 is 4.23 Å². The number of fused-ring (bicyclic) bond motifs is 1. The second-order valence-corrected chi connectivity index (χ2v) is 14.3. The lowest BCUT2D eigenvalue weighted by Gasteiger charge is -2.44. The second kappa shape index (κ2) is 7.01. The van der Waals surface area contributed by atoms with Gasteiger partial charge in [0, 0.05) is 26.3 Å². The Kier molecular flexibility index (Phi) is 5.85. The van der Waals surface area contributed by atoms with Crippen molar-refractivity contribution in [2.24, 2.45) is 0 Å². The highest BCUT2D eigenvalue weighted by Crippen LogP contribution is 2.45. The fourth-order valence-electron chi connectivity index (χ4n) is 4.55. The number of hydrogen-bond acceptors (Lipinski definition) is 0. The first kappa shape index (κ1) is 19.2. The molecule has 0 radical (unpaired) electrons. The molecule has 0 bridgehead atoms. The van der Waals surface area contributed by atoms with Gasteiger partial charge in [-0.3, -0.25) is 0 Å². The third-order valence-electron chi connectivity index (χ3n) is 5.30. The summed E-state index contributed by atoms with van der Waals surface area (Å²) in [6, 6.07) is 3.87. The van der Waals surface area contributed by atoms with Crippen LogP contribution in [0.4, 0.5) is 4.39 Å². The lowest BCUT2D eigenvalue weighted by atomic mass is 10.2. The van der Waals surface area contributed by atoms with Crippen molar-refractivity contribution in [3.63, 3.8) is 0 Å². The maximum atomic E-state index is 14.6. The van der Waals surface area contributed by atoms with Crippen LogP contribution in [0, 0.1) is 5.82 Å². The molecule has 1 heterocycles. The van der Waals surface area contributed by atoms with Crippen molar-refractivity contribution < 1.29 is 4.39 Å². The molecule has 0 unspecified atom stereocenters. The van der Waals surface area contributed by atoms with Crippen LogP contribution in [0.1, 0.15) is 47.1 Å². The largest absolute Gasteiger partial charge is 0.373 e. The number of rotatable bonds is 5. The van der Waals surface area contributed by atoms with Gasteiger partial charge in [0.05, 0.1) is 0 Å². The summed E-state index contributed by atoms with van der Waals surface area (Å²) in [4.78, 5) is 0. The average molecular weight is 463 g/mol. The number of aromatic nitrogens is 1. The highest BCUT2D eigenvalue weighted by atomic mass is 79.9. The number of benzene rings is 1. The predicted molar refractivity (Wildman–Crippen MR) is 109 cm³/mol. The minimum atomic E-state index is -1.87. The van der Waals surface area contributed by atoms with Gasteiger partial charge in [-0.25, -0.2) is 4.39 Å². The van der Waals surface area contributed by atoms with E-state index in [0.29, 0.717) is 27.5 Å². The van der Waals surface area contributed by atoms with Crippen molar-refractivity contribution in [2.75, 3.05) is 0 Å². The minimum absolute atomic E-state index is 0.139. The molecule has 128 valence electrons. The molecule has 1 aromatic heterocycles. The van der Waals surface area contributed by atoms with Crippen LogP contribution in [0.25, 0.3) is 10.9 Å². The van der Waals surface area contributed by atoms with Crippen molar-refractivity contribution in [3.8, 4) is 0 Å². The first-order valence-corrected chi connectivity index (χ1v) is 12.3. The Morgan fingerprint density at radius 1 is 1.09 bits per heavy atom. The lowest BCUT2D eigenvalue weighted by molar-refractivity contribution is 0.618. The number of alkyl halides is 1. The third kappa shape index (κ3) is 2.87. The SMILES string of the molecule is CC(C)[Si](C(C)C)(C(C)C)n1ccc2c(Br)c(CBr)c(F)cc21. The van der Waals surface area contributed by atoms with Crippen molar-refractivity contribution in [2.45, 2.75) is 63.5 Å². The van der Waals surface area contributed by atoms with Crippen molar-refractivity contribution in [1.82, 2.24) is 4.23 Å². The minimum Gasteiger partial charge on any atom is -0.373 e. The van der Waals surface area contributed by atoms with Crippen LogP contribution in [0.2, 0.25) is 16.6 Å². The Morgan fingerprint density at radius 2 is 1.61 bits per heavy atom. The lowest BCUT2D eigenvalue weighted by Crippen LogP contribution is -2.51. The smallest absolute Gasteiger partial charge is 0.169 e. The maximum absolute atomic E-state index is 14.6. The van der Waals surface area contributed by atoms with Gasteiger partial charge in [0.15, 0.2) is 8.24 Å². The highest BCUT2D eigenvalue weighted by molar-refractivity contribution is 9.11. The molecule has 5 heteroatoms. The normalized spacial score (nSPS) is 13.0. The summed E-state index contributed by atoms with van der Waals surface area (Å²) in [5.41, 5.74) is 3.46. The van der Waals surface area contributed by atoms with Gasteiger partial charge in [-0.1, -0.05) is 57.5 Å². The fourth-order valence-corrected chi connectivity index (χ4v) is 12.7. The van der Waals surface area contributed by atoms with E-state index in [2.05, 4.69) is 89.9 Å². The predicted octanol–water partition coefficient (Wildman–Crippen LogP) is 7.46. The van der Waals surface area contributed by atoms with E-state index in [0.717, 1.165) is 15.4 Å². The van der Waals surface area contributed by atoms with Crippen LogP contribution in [-0.2, 0) is 5.33 Å². The molecule has 0 atom stereocenters. The molecule has 2 aromatic rings. The standard InChI is InChI=1S/C18H26Br2FNSi/c1-11(2)23(12(3)4,13(5)6)22-8-7-14-17(22)9-16(21)15(10-19)18(14)20/h7-9,11-13H,10H2,1-6H3. The Bertz CT molecular complexity index is 685. The quantitative estimate of drug-likeness (QED) is 0.321. The van der Waals surface area contributed by atoms with E-state index >= 15 is 0 Å². The van der Waals surface area contributed by atoms with E-state index in [1.165, 1.54) is 0 Å². The van der Waals surface area contributed by atoms with Crippen LogP contribution in [0.3, 0.4) is 0 Å². The van der Waals surface area contributed by atoms with Crippen LogP contribution in [-0.4, -0.2) is 12.5 Å². The molecular weight excluding hydrogens is 437 g/mol. The molecule has 0 spiro atoms. The number of nitrogens with zero attached hydrogens (tertiary/aromatic N) is 1. The topological polar surface area (TPSA) is 4.93 Å². The average Bonchev–Trinajstić information content (AvgIpc) is 2.83. The van der Waals surface area contributed by atoms with E-state index in [4.69, 9.17) is 0 Å². The summed E-state index contributed by atoms with van der Waals surface area (Å²) in [7, 11) is -1.87. The second-order valence-electron chi connectivity index (χ2n) is 7.25. The first-order chi connectivity index (χ1) is 10.7. The Morgan fingerprint density at radius 3 is 2.04 bits per heavy atom. The molecule has 0 amide bonds. The summed E-state index contributed by atoms with van der Waals surface area (Å²) in [5, 5.41) is 1.63. The van der Waals surface area contributed by atoms with Gasteiger partial charge in [-0.2, -0.15) is 0 Å². The molecule has 23 heavy (non-hydrogen) atoms. The number of hydrogen-bond donors (Lipinski definition) is 0. The van der Waals surface area contributed by atoms with Crippen LogP contribution >= 0.6 is 31.9 Å². The van der Waals surface area contributed by atoms with Crippen LogP contribution in [0.15, 0.2) is 22.8 Å². The van der Waals surface area contributed by atoms with Crippen molar-refractivity contribution in [3.05, 3.63) is 34.2 Å². The van der Waals surface area contributed by atoms with E-state index in [9.17, 15) is 4.39 Å². The highest BCUT2D eigenvalue weighted by Gasteiger charge is 2.45. The molecule has 0 saturated carbocycles. The summed E-state index contributed by atoms with van der Waals surface area (Å²) in [6.45, 7) is 14.0. The summed E-state index contributed by atoms with van der Waals surface area (Å²) in [5.74, 6) is -0.139. The summed E-state index contributed by atoms with van der Waals surface area (Å²) in [6.07, 6.45) is 2.19. The molecule has 0 fully saturated rings. The summed E-state index contributed by atoms with van der Waals surface area (Å²) >= 11 is 7.01. The first-order valence-electron chi connectivity index (χ1n) is 8.23. The number of halogens is 3. The monoisotopic (exact) mass is 461 g/mol. The Balaban J connectivity index is 2.86. The molecule has 0 saturated heterocycles. The van der Waals surface area contributed by atoms with Gasteiger partial charge >= 0.3 is 0 Å². The van der Waals surface area contributed by atoms with Gasteiger partial charge in [0.1, 0.15) is 5.82 Å². The third-order valence-corrected chi connectivity index (χ3v) is 13.5. The zero-order valence-corrected chi connectivity index (χ0v) is 18.9. The fraction of sp³-hybridized carbons (Fsp3) is 0.556. The molecule has 1 nitrogen and oxygen atoms in total. The zero-order valence-electron chi connectivity index (χ0n) is 14.8. The van der Waals surface area contributed by atoms with Crippen molar-refractivity contribution >= 4 is 51.0 Å². The van der Waals surface area contributed by atoms with E-state index in [1.54, 1.807) is 6.07 Å².